The molecule has 4 heteroatoms. The molecule has 0 aliphatic carbocycles. The van der Waals surface area contributed by atoms with Gasteiger partial charge in [-0.3, -0.25) is 5.41 Å². The van der Waals surface area contributed by atoms with Gasteiger partial charge in [-0.2, -0.15) is 0 Å². The molecule has 0 saturated carbocycles. The molecule has 2 heterocycles. The second-order valence-electron chi connectivity index (χ2n) is 3.48. The maximum Gasteiger partial charge on any atom is 0.139 e. The summed E-state index contributed by atoms with van der Waals surface area (Å²) >= 11 is 0. The molecule has 1 aromatic rings. The van der Waals surface area contributed by atoms with E-state index >= 15 is 0 Å². The van der Waals surface area contributed by atoms with Crippen molar-refractivity contribution in [1.29, 1.82) is 5.41 Å². The third kappa shape index (κ3) is 1.55. The lowest BCUT2D eigenvalue weighted by molar-refractivity contribution is 0.934. The SMILES string of the molecule is N=C(N)c1cccnc1N1CCCC1. The fourth-order valence-electron chi connectivity index (χ4n) is 1.79. The first-order chi connectivity index (χ1) is 6.79. The monoisotopic (exact) mass is 190 g/mol. The average Bonchev–Trinajstić information content (AvgIpc) is 2.70. The quantitative estimate of drug-likeness (QED) is 0.539. The van der Waals surface area contributed by atoms with Gasteiger partial charge in [0, 0.05) is 19.3 Å². The summed E-state index contributed by atoms with van der Waals surface area (Å²) < 4.78 is 0. The van der Waals surface area contributed by atoms with E-state index in [1.807, 2.05) is 12.1 Å². The predicted octanol–water partition coefficient (Wildman–Crippen LogP) is 0.966. The highest BCUT2D eigenvalue weighted by atomic mass is 15.2. The molecular weight excluding hydrogens is 176 g/mol. The summed E-state index contributed by atoms with van der Waals surface area (Å²) in [5.74, 6) is 0.956. The number of rotatable bonds is 2. The van der Waals surface area contributed by atoms with Crippen LogP contribution in [0.5, 0.6) is 0 Å². The topological polar surface area (TPSA) is 66.0 Å². The number of nitrogens with two attached hydrogens (primary N) is 1. The number of amidine groups is 1. The molecule has 0 aromatic carbocycles. The molecule has 1 aromatic heterocycles. The van der Waals surface area contributed by atoms with Crippen LogP contribution in [0.25, 0.3) is 0 Å². The van der Waals surface area contributed by atoms with E-state index in [9.17, 15) is 0 Å². The number of nitrogens with one attached hydrogen (secondary N) is 1. The number of anilines is 1. The van der Waals surface area contributed by atoms with Gasteiger partial charge in [0.2, 0.25) is 0 Å². The van der Waals surface area contributed by atoms with Gasteiger partial charge in [-0.05, 0) is 25.0 Å². The Labute approximate surface area is 83.3 Å². The Bertz CT molecular complexity index is 342. The van der Waals surface area contributed by atoms with Crippen molar-refractivity contribution >= 4 is 11.7 Å². The summed E-state index contributed by atoms with van der Waals surface area (Å²) in [6.07, 6.45) is 4.15. The van der Waals surface area contributed by atoms with Crippen LogP contribution in [-0.4, -0.2) is 23.9 Å². The summed E-state index contributed by atoms with van der Waals surface area (Å²) in [6, 6.07) is 3.67. The summed E-state index contributed by atoms with van der Waals surface area (Å²) in [4.78, 5) is 6.48. The predicted molar refractivity (Wildman–Crippen MR) is 56.7 cm³/mol. The fraction of sp³-hybridized carbons (Fsp3) is 0.400. The van der Waals surface area contributed by atoms with Crippen LogP contribution in [0.2, 0.25) is 0 Å². The van der Waals surface area contributed by atoms with Gasteiger partial charge in [-0.25, -0.2) is 4.98 Å². The number of nitrogen functional groups attached to an aromatic ring is 1. The van der Waals surface area contributed by atoms with Gasteiger partial charge in [0.1, 0.15) is 11.7 Å². The van der Waals surface area contributed by atoms with Gasteiger partial charge in [0.25, 0.3) is 0 Å². The van der Waals surface area contributed by atoms with Crippen LogP contribution >= 0.6 is 0 Å². The van der Waals surface area contributed by atoms with Crippen molar-refractivity contribution in [3.05, 3.63) is 23.9 Å². The minimum Gasteiger partial charge on any atom is -0.384 e. The van der Waals surface area contributed by atoms with E-state index < -0.39 is 0 Å². The van der Waals surface area contributed by atoms with Crippen molar-refractivity contribution in [3.8, 4) is 0 Å². The van der Waals surface area contributed by atoms with E-state index in [0.717, 1.165) is 24.5 Å². The number of hydrogen-bond acceptors (Lipinski definition) is 3. The first-order valence-electron chi connectivity index (χ1n) is 4.83. The Morgan fingerprint density at radius 3 is 2.79 bits per heavy atom. The number of hydrogen-bond donors (Lipinski definition) is 2. The Balaban J connectivity index is 2.35. The number of pyridine rings is 1. The normalized spacial score (nSPS) is 15.9. The third-order valence-electron chi connectivity index (χ3n) is 2.48. The lowest BCUT2D eigenvalue weighted by Crippen LogP contribution is -2.24. The van der Waals surface area contributed by atoms with Gasteiger partial charge in [0.15, 0.2) is 0 Å². The van der Waals surface area contributed by atoms with Gasteiger partial charge in [0.05, 0.1) is 5.56 Å². The van der Waals surface area contributed by atoms with Crippen molar-refractivity contribution in [2.45, 2.75) is 12.8 Å². The smallest absolute Gasteiger partial charge is 0.139 e. The maximum atomic E-state index is 7.45. The molecule has 3 N–H and O–H groups in total. The molecule has 1 fully saturated rings. The molecule has 0 bridgehead atoms. The number of aromatic nitrogens is 1. The van der Waals surface area contributed by atoms with E-state index in [1.165, 1.54) is 12.8 Å². The number of nitrogens with zero attached hydrogens (tertiary/aromatic N) is 2. The van der Waals surface area contributed by atoms with Crippen molar-refractivity contribution in [1.82, 2.24) is 4.98 Å². The zero-order valence-corrected chi connectivity index (χ0v) is 8.03. The summed E-state index contributed by atoms with van der Waals surface area (Å²) in [5, 5.41) is 7.45. The molecule has 14 heavy (non-hydrogen) atoms. The first-order valence-corrected chi connectivity index (χ1v) is 4.83. The Kier molecular flexibility index (Phi) is 2.35. The molecule has 4 nitrogen and oxygen atoms in total. The van der Waals surface area contributed by atoms with Crippen LogP contribution < -0.4 is 10.6 Å². The Morgan fingerprint density at radius 2 is 2.14 bits per heavy atom. The average molecular weight is 190 g/mol. The molecule has 1 aliphatic heterocycles. The summed E-state index contributed by atoms with van der Waals surface area (Å²) in [7, 11) is 0. The van der Waals surface area contributed by atoms with E-state index in [0.29, 0.717) is 0 Å². The largest absolute Gasteiger partial charge is 0.384 e. The molecule has 0 radical (unpaired) electrons. The van der Waals surface area contributed by atoms with Crippen molar-refractivity contribution < 1.29 is 0 Å². The summed E-state index contributed by atoms with van der Waals surface area (Å²) in [6.45, 7) is 2.05. The van der Waals surface area contributed by atoms with Crippen molar-refractivity contribution in [2.24, 2.45) is 5.73 Å². The van der Waals surface area contributed by atoms with Gasteiger partial charge < -0.3 is 10.6 Å². The Morgan fingerprint density at radius 1 is 1.43 bits per heavy atom. The molecule has 2 rings (SSSR count). The highest BCUT2D eigenvalue weighted by Crippen LogP contribution is 2.21. The van der Waals surface area contributed by atoms with Gasteiger partial charge in [-0.1, -0.05) is 0 Å². The molecule has 1 saturated heterocycles. The van der Waals surface area contributed by atoms with Gasteiger partial charge in [-0.15, -0.1) is 0 Å². The van der Waals surface area contributed by atoms with E-state index in [4.69, 9.17) is 11.1 Å². The minimum atomic E-state index is 0.0972. The van der Waals surface area contributed by atoms with Crippen molar-refractivity contribution in [2.75, 3.05) is 18.0 Å². The van der Waals surface area contributed by atoms with E-state index in [2.05, 4.69) is 9.88 Å². The highest BCUT2D eigenvalue weighted by Gasteiger charge is 2.17. The second kappa shape index (κ2) is 3.65. The first kappa shape index (κ1) is 8.99. The maximum absolute atomic E-state index is 7.45. The van der Waals surface area contributed by atoms with Crippen LogP contribution in [0, 0.1) is 5.41 Å². The zero-order valence-electron chi connectivity index (χ0n) is 8.03. The fourth-order valence-corrected chi connectivity index (χ4v) is 1.79. The van der Waals surface area contributed by atoms with Crippen LogP contribution in [-0.2, 0) is 0 Å². The Hall–Kier alpha value is -1.58. The second-order valence-corrected chi connectivity index (χ2v) is 3.48. The lowest BCUT2D eigenvalue weighted by atomic mass is 10.2. The molecule has 0 unspecified atom stereocenters. The standard InChI is InChI=1S/C10H14N4/c11-9(12)8-4-3-5-13-10(8)14-6-1-2-7-14/h3-5H,1-2,6-7H2,(H3,11,12). The minimum absolute atomic E-state index is 0.0972. The van der Waals surface area contributed by atoms with Crippen LogP contribution in [0.3, 0.4) is 0 Å². The molecule has 1 aliphatic rings. The van der Waals surface area contributed by atoms with E-state index in [1.54, 1.807) is 6.20 Å². The van der Waals surface area contributed by atoms with Crippen molar-refractivity contribution in [3.63, 3.8) is 0 Å². The van der Waals surface area contributed by atoms with E-state index in [-0.39, 0.29) is 5.84 Å². The molecule has 74 valence electrons. The van der Waals surface area contributed by atoms with Crippen LogP contribution in [0.15, 0.2) is 18.3 Å². The van der Waals surface area contributed by atoms with Crippen LogP contribution in [0.1, 0.15) is 18.4 Å². The molecule has 0 spiro atoms. The zero-order chi connectivity index (χ0) is 9.97. The molecule has 0 amide bonds. The molecule has 0 atom stereocenters. The molecular formula is C10H14N4. The van der Waals surface area contributed by atoms with Crippen LogP contribution in [0.4, 0.5) is 5.82 Å². The lowest BCUT2D eigenvalue weighted by Gasteiger charge is -2.18. The van der Waals surface area contributed by atoms with Gasteiger partial charge >= 0.3 is 0 Å². The third-order valence-corrected chi connectivity index (χ3v) is 2.48. The highest BCUT2D eigenvalue weighted by molar-refractivity contribution is 5.99. The summed E-state index contributed by atoms with van der Waals surface area (Å²) in [5.41, 5.74) is 6.24.